The first kappa shape index (κ1) is 19.5. The van der Waals surface area contributed by atoms with Gasteiger partial charge >= 0.3 is 0 Å². The Kier molecular flexibility index (Phi) is 7.70. The van der Waals surface area contributed by atoms with Gasteiger partial charge in [-0.2, -0.15) is 5.26 Å². The molecule has 0 atom stereocenters. The standard InChI is InChI=1S/C22H27N3O/c1-3-12-25(13-4-2)22(26)21(17-23)18-24-14-10-20(11-15-24)16-19-8-6-5-7-9-19/h3-9,18,20H,1-2,10-16H2/b21-18-. The monoisotopic (exact) mass is 349 g/mol. The van der Waals surface area contributed by atoms with E-state index < -0.39 is 0 Å². The summed E-state index contributed by atoms with van der Waals surface area (Å²) in [6.45, 7) is 9.89. The summed E-state index contributed by atoms with van der Waals surface area (Å²) in [5, 5.41) is 9.42. The SMILES string of the molecule is C=CCN(CC=C)C(=O)/C(C#N)=C\N1CCC(Cc2ccccc2)CC1. The predicted molar refractivity (Wildman–Crippen MR) is 105 cm³/mol. The molecule has 136 valence electrons. The van der Waals surface area contributed by atoms with E-state index in [2.05, 4.69) is 48.4 Å². The lowest BCUT2D eigenvalue weighted by molar-refractivity contribution is -0.125. The Morgan fingerprint density at radius 1 is 1.19 bits per heavy atom. The van der Waals surface area contributed by atoms with Gasteiger partial charge in [-0.05, 0) is 30.7 Å². The molecule has 0 unspecified atom stereocenters. The van der Waals surface area contributed by atoms with E-state index in [0.29, 0.717) is 19.0 Å². The van der Waals surface area contributed by atoms with Gasteiger partial charge in [-0.3, -0.25) is 4.79 Å². The number of nitrogens with zero attached hydrogens (tertiary/aromatic N) is 3. The highest BCUT2D eigenvalue weighted by molar-refractivity contribution is 5.97. The maximum atomic E-state index is 12.5. The maximum Gasteiger partial charge on any atom is 0.266 e. The van der Waals surface area contributed by atoms with E-state index in [1.165, 1.54) is 5.56 Å². The molecule has 1 amide bonds. The van der Waals surface area contributed by atoms with E-state index in [1.54, 1.807) is 23.3 Å². The predicted octanol–water partition coefficient (Wildman–Crippen LogP) is 3.55. The van der Waals surface area contributed by atoms with E-state index in [9.17, 15) is 10.1 Å². The van der Waals surface area contributed by atoms with Crippen LogP contribution in [-0.2, 0) is 11.2 Å². The third-order valence-electron chi connectivity index (χ3n) is 4.67. The van der Waals surface area contributed by atoms with Crippen LogP contribution in [0.1, 0.15) is 18.4 Å². The van der Waals surface area contributed by atoms with Gasteiger partial charge in [0.15, 0.2) is 0 Å². The van der Waals surface area contributed by atoms with Crippen LogP contribution in [0.15, 0.2) is 67.4 Å². The van der Waals surface area contributed by atoms with Gasteiger partial charge < -0.3 is 9.80 Å². The summed E-state index contributed by atoms with van der Waals surface area (Å²) in [5.74, 6) is 0.389. The van der Waals surface area contributed by atoms with Crippen LogP contribution in [0.4, 0.5) is 0 Å². The lowest BCUT2D eigenvalue weighted by Crippen LogP contribution is -2.35. The van der Waals surface area contributed by atoms with Gasteiger partial charge in [0, 0.05) is 32.4 Å². The smallest absolute Gasteiger partial charge is 0.266 e. The zero-order chi connectivity index (χ0) is 18.8. The minimum Gasteiger partial charge on any atom is -0.376 e. The molecule has 0 N–H and O–H groups in total. The van der Waals surface area contributed by atoms with Crippen LogP contribution < -0.4 is 0 Å². The Balaban J connectivity index is 1.94. The van der Waals surface area contributed by atoms with Gasteiger partial charge in [0.05, 0.1) is 0 Å². The van der Waals surface area contributed by atoms with Gasteiger partial charge in [-0.15, -0.1) is 13.2 Å². The van der Waals surface area contributed by atoms with Crippen molar-refractivity contribution >= 4 is 5.91 Å². The van der Waals surface area contributed by atoms with Crippen molar-refractivity contribution in [2.75, 3.05) is 26.2 Å². The summed E-state index contributed by atoms with van der Waals surface area (Å²) in [6.07, 6.45) is 8.27. The van der Waals surface area contributed by atoms with Crippen molar-refractivity contribution in [3.05, 3.63) is 73.0 Å². The highest BCUT2D eigenvalue weighted by Crippen LogP contribution is 2.22. The number of amides is 1. The molecule has 1 aliphatic rings. The van der Waals surface area contributed by atoms with Gasteiger partial charge in [-0.25, -0.2) is 0 Å². The lowest BCUT2D eigenvalue weighted by atomic mass is 9.90. The molecule has 0 radical (unpaired) electrons. The van der Waals surface area contributed by atoms with E-state index in [-0.39, 0.29) is 11.5 Å². The first-order valence-electron chi connectivity index (χ1n) is 9.09. The second kappa shape index (κ2) is 10.2. The van der Waals surface area contributed by atoms with Gasteiger partial charge in [0.25, 0.3) is 5.91 Å². The topological polar surface area (TPSA) is 47.3 Å². The summed E-state index contributed by atoms with van der Waals surface area (Å²) in [4.78, 5) is 16.2. The summed E-state index contributed by atoms with van der Waals surface area (Å²) in [6, 6.07) is 12.6. The first-order valence-corrected chi connectivity index (χ1v) is 9.09. The molecule has 0 aromatic heterocycles. The molecular formula is C22H27N3O. The molecule has 0 saturated carbocycles. The number of rotatable bonds is 8. The van der Waals surface area contributed by atoms with Crippen molar-refractivity contribution in [2.24, 2.45) is 5.92 Å². The van der Waals surface area contributed by atoms with Crippen LogP contribution in [0.2, 0.25) is 0 Å². The molecule has 1 aromatic carbocycles. The van der Waals surface area contributed by atoms with E-state index in [0.717, 1.165) is 32.4 Å². The van der Waals surface area contributed by atoms with Crippen molar-refractivity contribution in [2.45, 2.75) is 19.3 Å². The lowest BCUT2D eigenvalue weighted by Gasteiger charge is -2.31. The minimum absolute atomic E-state index is 0.176. The van der Waals surface area contributed by atoms with Crippen LogP contribution in [-0.4, -0.2) is 41.9 Å². The number of benzene rings is 1. The normalized spacial score (nSPS) is 15.2. The Labute approximate surface area is 156 Å². The van der Waals surface area contributed by atoms with Crippen molar-refractivity contribution in [1.82, 2.24) is 9.80 Å². The molecule has 1 aromatic rings. The Morgan fingerprint density at radius 3 is 2.35 bits per heavy atom. The number of hydrogen-bond acceptors (Lipinski definition) is 3. The fourth-order valence-electron chi connectivity index (χ4n) is 3.27. The second-order valence-corrected chi connectivity index (χ2v) is 6.61. The largest absolute Gasteiger partial charge is 0.376 e. The zero-order valence-electron chi connectivity index (χ0n) is 15.3. The average molecular weight is 349 g/mol. The summed E-state index contributed by atoms with van der Waals surface area (Å²) in [5.41, 5.74) is 1.55. The summed E-state index contributed by atoms with van der Waals surface area (Å²) < 4.78 is 0. The van der Waals surface area contributed by atoms with Crippen molar-refractivity contribution in [1.29, 1.82) is 5.26 Å². The zero-order valence-corrected chi connectivity index (χ0v) is 15.3. The minimum atomic E-state index is -0.265. The summed E-state index contributed by atoms with van der Waals surface area (Å²) in [7, 11) is 0. The number of carbonyl (C=O) groups is 1. The molecule has 1 saturated heterocycles. The molecule has 26 heavy (non-hydrogen) atoms. The first-order chi connectivity index (χ1) is 12.7. The molecular weight excluding hydrogens is 322 g/mol. The van der Waals surface area contributed by atoms with Crippen LogP contribution in [0.25, 0.3) is 0 Å². The van der Waals surface area contributed by atoms with Crippen molar-refractivity contribution in [3.8, 4) is 6.07 Å². The molecule has 0 aliphatic carbocycles. The molecule has 4 nitrogen and oxygen atoms in total. The molecule has 4 heteroatoms. The number of nitriles is 1. The average Bonchev–Trinajstić information content (AvgIpc) is 2.67. The highest BCUT2D eigenvalue weighted by atomic mass is 16.2. The summed E-state index contributed by atoms with van der Waals surface area (Å²) >= 11 is 0. The fraction of sp³-hybridized carbons (Fsp3) is 0.364. The number of hydrogen-bond donors (Lipinski definition) is 0. The molecule has 0 bridgehead atoms. The fourth-order valence-corrected chi connectivity index (χ4v) is 3.27. The van der Waals surface area contributed by atoms with E-state index >= 15 is 0 Å². The van der Waals surface area contributed by atoms with Crippen LogP contribution in [0, 0.1) is 17.2 Å². The Morgan fingerprint density at radius 2 is 1.81 bits per heavy atom. The van der Waals surface area contributed by atoms with Crippen LogP contribution in [0.3, 0.4) is 0 Å². The van der Waals surface area contributed by atoms with Crippen molar-refractivity contribution in [3.63, 3.8) is 0 Å². The highest BCUT2D eigenvalue weighted by Gasteiger charge is 2.21. The van der Waals surface area contributed by atoms with E-state index in [1.807, 2.05) is 6.07 Å². The quantitative estimate of drug-likeness (QED) is 0.410. The number of likely N-dealkylation sites (tertiary alicyclic amines) is 1. The van der Waals surface area contributed by atoms with Crippen molar-refractivity contribution < 1.29 is 4.79 Å². The molecule has 1 fully saturated rings. The molecule has 1 heterocycles. The Bertz CT molecular complexity index is 669. The van der Waals surface area contributed by atoms with Crippen LogP contribution in [0.5, 0.6) is 0 Å². The molecule has 2 rings (SSSR count). The third kappa shape index (κ3) is 5.63. The van der Waals surface area contributed by atoms with Gasteiger partial charge in [-0.1, -0.05) is 42.5 Å². The molecule has 1 aliphatic heterocycles. The third-order valence-corrected chi connectivity index (χ3v) is 4.67. The van der Waals surface area contributed by atoms with Gasteiger partial charge in [0.1, 0.15) is 11.6 Å². The number of piperidine rings is 1. The Hall–Kier alpha value is -2.80. The number of carbonyl (C=O) groups excluding carboxylic acids is 1. The van der Waals surface area contributed by atoms with Crippen LogP contribution >= 0.6 is 0 Å². The second-order valence-electron chi connectivity index (χ2n) is 6.61. The van der Waals surface area contributed by atoms with E-state index in [4.69, 9.17) is 0 Å². The van der Waals surface area contributed by atoms with Gasteiger partial charge in [0.2, 0.25) is 0 Å². The molecule has 0 spiro atoms. The maximum absolute atomic E-state index is 12.5.